The fraction of sp³-hybridized carbons (Fsp3) is 0.192. The van der Waals surface area contributed by atoms with Crippen LogP contribution in [-0.2, 0) is 9.59 Å². The van der Waals surface area contributed by atoms with Gasteiger partial charge >= 0.3 is 0 Å². The molecule has 3 aromatic rings. The molecule has 3 amide bonds. The average Bonchev–Trinajstić information content (AvgIpc) is 2.85. The molecule has 0 aliphatic carbocycles. The van der Waals surface area contributed by atoms with Crippen molar-refractivity contribution in [1.82, 2.24) is 0 Å². The second-order valence-electron chi connectivity index (χ2n) is 7.35. The Morgan fingerprint density at radius 1 is 0.727 bits per heavy atom. The molecule has 0 radical (unpaired) electrons. The highest BCUT2D eigenvalue weighted by Crippen LogP contribution is 2.19. The number of nitrogens with one attached hydrogen (secondary N) is 3. The summed E-state index contributed by atoms with van der Waals surface area (Å²) in [7, 11) is 0. The predicted molar refractivity (Wildman–Crippen MR) is 133 cm³/mol. The zero-order valence-electron chi connectivity index (χ0n) is 18.8. The highest BCUT2D eigenvalue weighted by molar-refractivity contribution is 6.06. The van der Waals surface area contributed by atoms with Crippen LogP contribution in [0, 0.1) is 0 Å². The summed E-state index contributed by atoms with van der Waals surface area (Å²) in [5.74, 6) is -0.397. The molecule has 0 aliphatic rings. The lowest BCUT2D eigenvalue weighted by atomic mass is 10.1. The third-order valence-electron chi connectivity index (χ3n) is 4.97. The summed E-state index contributed by atoms with van der Waals surface area (Å²) in [4.78, 5) is 38.5. The van der Waals surface area contributed by atoms with E-state index in [1.165, 1.54) is 0 Å². The Morgan fingerprint density at radius 3 is 1.97 bits per heavy atom. The second kappa shape index (κ2) is 11.5. The number of para-hydroxylation sites is 1. The first kappa shape index (κ1) is 23.5. The van der Waals surface area contributed by atoms with Crippen molar-refractivity contribution in [2.45, 2.75) is 20.3 Å². The van der Waals surface area contributed by atoms with Crippen molar-refractivity contribution < 1.29 is 14.4 Å². The van der Waals surface area contributed by atoms with Gasteiger partial charge in [-0.05, 0) is 61.5 Å². The Hall–Kier alpha value is -4.13. The molecule has 0 saturated heterocycles. The summed E-state index contributed by atoms with van der Waals surface area (Å²) in [6.45, 7) is 4.30. The number of amides is 3. The van der Waals surface area contributed by atoms with E-state index in [4.69, 9.17) is 0 Å². The Balaban J connectivity index is 1.57. The molecule has 0 unspecified atom stereocenters. The minimum Gasteiger partial charge on any atom is -0.376 e. The third kappa shape index (κ3) is 6.67. The van der Waals surface area contributed by atoms with Crippen molar-refractivity contribution in [3.63, 3.8) is 0 Å². The quantitative estimate of drug-likeness (QED) is 0.444. The number of nitrogens with zero attached hydrogens (tertiary/aromatic N) is 1. The molecule has 33 heavy (non-hydrogen) atoms. The van der Waals surface area contributed by atoms with E-state index in [2.05, 4.69) is 16.0 Å². The van der Waals surface area contributed by atoms with Crippen molar-refractivity contribution in [2.75, 3.05) is 33.9 Å². The Kier molecular flexibility index (Phi) is 8.18. The van der Waals surface area contributed by atoms with Gasteiger partial charge in [0.25, 0.3) is 5.91 Å². The van der Waals surface area contributed by atoms with Crippen LogP contribution < -0.4 is 20.9 Å². The first-order valence-corrected chi connectivity index (χ1v) is 10.9. The van der Waals surface area contributed by atoms with E-state index in [1.807, 2.05) is 43.3 Å². The number of benzene rings is 3. The topological polar surface area (TPSA) is 90.5 Å². The van der Waals surface area contributed by atoms with E-state index in [-0.39, 0.29) is 24.3 Å². The first-order valence-electron chi connectivity index (χ1n) is 10.9. The minimum absolute atomic E-state index is 0.0438. The highest BCUT2D eigenvalue weighted by atomic mass is 16.2. The summed E-state index contributed by atoms with van der Waals surface area (Å²) in [5.41, 5.74) is 3.36. The van der Waals surface area contributed by atoms with E-state index in [1.54, 1.807) is 54.3 Å². The lowest BCUT2D eigenvalue weighted by molar-refractivity contribution is -0.116. The third-order valence-corrected chi connectivity index (χ3v) is 4.97. The lowest BCUT2D eigenvalue weighted by Crippen LogP contribution is -2.30. The molecule has 0 saturated carbocycles. The zero-order valence-corrected chi connectivity index (χ0v) is 18.8. The number of hydrogen-bond donors (Lipinski definition) is 3. The molecular formula is C26H28N4O3. The number of hydrogen-bond acceptors (Lipinski definition) is 4. The van der Waals surface area contributed by atoms with Crippen LogP contribution >= 0.6 is 0 Å². The fourth-order valence-electron chi connectivity index (χ4n) is 3.24. The van der Waals surface area contributed by atoms with Crippen LogP contribution in [0.25, 0.3) is 0 Å². The molecular weight excluding hydrogens is 416 g/mol. The molecule has 0 fully saturated rings. The van der Waals surface area contributed by atoms with Crippen LogP contribution in [0.2, 0.25) is 0 Å². The Labute approximate surface area is 193 Å². The van der Waals surface area contributed by atoms with Crippen molar-refractivity contribution in [2.24, 2.45) is 0 Å². The molecule has 7 nitrogen and oxygen atoms in total. The van der Waals surface area contributed by atoms with Crippen LogP contribution in [-0.4, -0.2) is 30.8 Å². The van der Waals surface area contributed by atoms with Crippen LogP contribution in [0.1, 0.15) is 30.6 Å². The van der Waals surface area contributed by atoms with Crippen molar-refractivity contribution in [1.29, 1.82) is 0 Å². The SMILES string of the molecule is CCC(=O)Nc1ccc(NC(=O)CNc2cccc(C(=O)N(CC)c3ccccc3)c2)cc1. The standard InChI is InChI=1S/C26H28N4O3/c1-3-24(31)28-20-13-15-21(16-14-20)29-25(32)18-27-22-10-8-9-19(17-22)26(33)30(4-2)23-11-6-5-7-12-23/h5-17,27H,3-4,18H2,1-2H3,(H,28,31)(H,29,32). The molecule has 0 aliphatic heterocycles. The Bertz CT molecular complexity index is 1100. The van der Waals surface area contributed by atoms with E-state index in [9.17, 15) is 14.4 Å². The van der Waals surface area contributed by atoms with Crippen LogP contribution in [0.3, 0.4) is 0 Å². The van der Waals surface area contributed by atoms with Gasteiger partial charge in [0, 0.05) is 41.3 Å². The summed E-state index contributed by atoms with van der Waals surface area (Å²) >= 11 is 0. The maximum absolute atomic E-state index is 13.0. The fourth-order valence-corrected chi connectivity index (χ4v) is 3.24. The van der Waals surface area contributed by atoms with Gasteiger partial charge in [-0.2, -0.15) is 0 Å². The Morgan fingerprint density at radius 2 is 1.36 bits per heavy atom. The van der Waals surface area contributed by atoms with Gasteiger partial charge < -0.3 is 20.9 Å². The maximum atomic E-state index is 13.0. The van der Waals surface area contributed by atoms with Crippen molar-refractivity contribution in [3.8, 4) is 0 Å². The van der Waals surface area contributed by atoms with Crippen LogP contribution in [0.5, 0.6) is 0 Å². The van der Waals surface area contributed by atoms with Crippen molar-refractivity contribution in [3.05, 3.63) is 84.4 Å². The summed E-state index contributed by atoms with van der Waals surface area (Å²) in [6.07, 6.45) is 0.402. The second-order valence-corrected chi connectivity index (χ2v) is 7.35. The van der Waals surface area contributed by atoms with E-state index in [0.29, 0.717) is 35.6 Å². The van der Waals surface area contributed by atoms with Gasteiger partial charge in [0.1, 0.15) is 0 Å². The number of anilines is 4. The molecule has 0 atom stereocenters. The summed E-state index contributed by atoms with van der Waals surface area (Å²) in [5, 5.41) is 8.63. The molecule has 0 aromatic heterocycles. The zero-order chi connectivity index (χ0) is 23.6. The van der Waals surface area contributed by atoms with Gasteiger partial charge in [-0.3, -0.25) is 14.4 Å². The summed E-state index contributed by atoms with van der Waals surface area (Å²) in [6, 6.07) is 23.5. The molecule has 3 rings (SSSR count). The largest absolute Gasteiger partial charge is 0.376 e. The van der Waals surface area contributed by atoms with E-state index < -0.39 is 0 Å². The molecule has 0 heterocycles. The van der Waals surface area contributed by atoms with E-state index in [0.717, 1.165) is 5.69 Å². The van der Waals surface area contributed by atoms with Gasteiger partial charge in [0.05, 0.1) is 6.54 Å². The van der Waals surface area contributed by atoms with Crippen LogP contribution in [0.15, 0.2) is 78.9 Å². The van der Waals surface area contributed by atoms with Gasteiger partial charge in [0.2, 0.25) is 11.8 Å². The van der Waals surface area contributed by atoms with Gasteiger partial charge in [-0.1, -0.05) is 31.2 Å². The molecule has 7 heteroatoms. The minimum atomic E-state index is -0.225. The molecule has 3 N–H and O–H groups in total. The lowest BCUT2D eigenvalue weighted by Gasteiger charge is -2.21. The molecule has 3 aromatic carbocycles. The maximum Gasteiger partial charge on any atom is 0.258 e. The predicted octanol–water partition coefficient (Wildman–Crippen LogP) is 4.75. The average molecular weight is 445 g/mol. The monoisotopic (exact) mass is 444 g/mol. The van der Waals surface area contributed by atoms with E-state index >= 15 is 0 Å². The van der Waals surface area contributed by atoms with Crippen molar-refractivity contribution >= 4 is 40.5 Å². The number of carbonyl (C=O) groups excluding carboxylic acids is 3. The molecule has 170 valence electrons. The number of rotatable bonds is 9. The van der Waals surface area contributed by atoms with Gasteiger partial charge in [0.15, 0.2) is 0 Å². The highest BCUT2D eigenvalue weighted by Gasteiger charge is 2.16. The normalized spacial score (nSPS) is 10.2. The molecule has 0 spiro atoms. The van der Waals surface area contributed by atoms with Crippen LogP contribution in [0.4, 0.5) is 22.7 Å². The van der Waals surface area contributed by atoms with Gasteiger partial charge in [-0.25, -0.2) is 0 Å². The smallest absolute Gasteiger partial charge is 0.258 e. The molecule has 0 bridgehead atoms. The van der Waals surface area contributed by atoms with Gasteiger partial charge in [-0.15, -0.1) is 0 Å². The summed E-state index contributed by atoms with van der Waals surface area (Å²) < 4.78 is 0. The number of carbonyl (C=O) groups is 3. The first-order chi connectivity index (χ1) is 16.0.